The number of carbonyl (C=O) groups is 2. The van der Waals surface area contributed by atoms with Gasteiger partial charge in [-0.2, -0.15) is 0 Å². The average Bonchev–Trinajstić information content (AvgIpc) is 3.15. The summed E-state index contributed by atoms with van der Waals surface area (Å²) >= 11 is 0. The van der Waals surface area contributed by atoms with Crippen LogP contribution in [0.2, 0.25) is 0 Å². The van der Waals surface area contributed by atoms with Gasteiger partial charge in [0.1, 0.15) is 23.0 Å². The Balaban J connectivity index is 1.94. The Morgan fingerprint density at radius 1 is 0.838 bits per heavy atom. The topological polar surface area (TPSA) is 85.3 Å². The fraction of sp³-hybridized carbons (Fsp3) is 0.267. The van der Waals surface area contributed by atoms with Gasteiger partial charge in [-0.3, -0.25) is 14.5 Å². The van der Waals surface area contributed by atoms with Crippen molar-refractivity contribution >= 4 is 23.1 Å². The summed E-state index contributed by atoms with van der Waals surface area (Å²) in [5.41, 5.74) is 2.45. The van der Waals surface area contributed by atoms with E-state index in [0.717, 1.165) is 5.56 Å². The third-order valence-electron chi connectivity index (χ3n) is 6.03. The molecule has 1 saturated heterocycles. The van der Waals surface area contributed by atoms with Crippen LogP contribution >= 0.6 is 0 Å². The molecule has 7 nitrogen and oxygen atoms in total. The van der Waals surface area contributed by atoms with Crippen molar-refractivity contribution in [1.29, 1.82) is 0 Å². The first-order chi connectivity index (χ1) is 17.9. The quantitative estimate of drug-likeness (QED) is 0.226. The summed E-state index contributed by atoms with van der Waals surface area (Å²) in [5.74, 6) is -0.299. The van der Waals surface area contributed by atoms with Crippen molar-refractivity contribution in [3.63, 3.8) is 0 Å². The third kappa shape index (κ3) is 5.16. The summed E-state index contributed by atoms with van der Waals surface area (Å²) in [5, 5.41) is 11.6. The maximum absolute atomic E-state index is 13.5. The van der Waals surface area contributed by atoms with E-state index in [1.165, 1.54) is 4.90 Å². The molecule has 0 radical (unpaired) electrons. The fourth-order valence-electron chi connectivity index (χ4n) is 4.52. The number of carbonyl (C=O) groups excluding carboxylic acids is 2. The molecule has 1 N–H and O–H groups in total. The second-order valence-electron chi connectivity index (χ2n) is 8.54. The molecule has 1 heterocycles. The maximum atomic E-state index is 13.5. The van der Waals surface area contributed by atoms with Gasteiger partial charge in [0.15, 0.2) is 0 Å². The molecule has 0 aromatic heterocycles. The molecule has 3 aromatic carbocycles. The number of Topliss-reactive ketones (excluding diaryl/α,β-unsaturated/α-hetero) is 1. The van der Waals surface area contributed by atoms with E-state index >= 15 is 0 Å². The molecule has 1 unspecified atom stereocenters. The lowest BCUT2D eigenvalue weighted by atomic mass is 9.94. The minimum atomic E-state index is -0.849. The van der Waals surface area contributed by atoms with Gasteiger partial charge in [0.2, 0.25) is 0 Å². The average molecular weight is 502 g/mol. The summed E-state index contributed by atoms with van der Waals surface area (Å²) < 4.78 is 17.0. The van der Waals surface area contributed by atoms with Crippen LogP contribution in [-0.2, 0) is 9.59 Å². The minimum absolute atomic E-state index is 0.0116. The Labute approximate surface area is 216 Å². The van der Waals surface area contributed by atoms with Gasteiger partial charge in [0.05, 0.1) is 37.0 Å². The number of aryl methyl sites for hydroxylation is 1. The van der Waals surface area contributed by atoms with Crippen LogP contribution in [0.25, 0.3) is 5.76 Å². The molecule has 192 valence electrons. The van der Waals surface area contributed by atoms with E-state index in [4.69, 9.17) is 14.2 Å². The highest BCUT2D eigenvalue weighted by molar-refractivity contribution is 6.51. The lowest BCUT2D eigenvalue weighted by Crippen LogP contribution is -2.29. The number of rotatable bonds is 9. The van der Waals surface area contributed by atoms with E-state index in [0.29, 0.717) is 53.9 Å². The molecule has 1 aliphatic heterocycles. The van der Waals surface area contributed by atoms with E-state index in [1.807, 2.05) is 52.0 Å². The van der Waals surface area contributed by atoms with Gasteiger partial charge in [-0.15, -0.1) is 0 Å². The molecule has 1 aliphatic rings. The van der Waals surface area contributed by atoms with Crippen LogP contribution in [0.1, 0.15) is 43.5 Å². The van der Waals surface area contributed by atoms with Crippen LogP contribution in [0.5, 0.6) is 17.2 Å². The molecule has 1 atom stereocenters. The highest BCUT2D eigenvalue weighted by Crippen LogP contribution is 2.44. The van der Waals surface area contributed by atoms with E-state index in [1.54, 1.807) is 42.5 Å². The summed E-state index contributed by atoms with van der Waals surface area (Å²) in [6, 6.07) is 18.7. The largest absolute Gasteiger partial charge is 0.507 e. The molecule has 0 spiro atoms. The molecule has 1 fully saturated rings. The van der Waals surface area contributed by atoms with Crippen LogP contribution in [-0.4, -0.2) is 36.6 Å². The van der Waals surface area contributed by atoms with E-state index < -0.39 is 17.7 Å². The smallest absolute Gasteiger partial charge is 0.300 e. The van der Waals surface area contributed by atoms with Crippen molar-refractivity contribution < 1.29 is 28.9 Å². The molecular weight excluding hydrogens is 470 g/mol. The summed E-state index contributed by atoms with van der Waals surface area (Å²) in [4.78, 5) is 28.4. The number of amides is 1. The number of anilines is 1. The number of aliphatic hydroxyl groups excluding tert-OH is 1. The Bertz CT molecular complexity index is 1350. The summed E-state index contributed by atoms with van der Waals surface area (Å²) in [6.45, 7) is 8.78. The monoisotopic (exact) mass is 501 g/mol. The zero-order valence-corrected chi connectivity index (χ0v) is 21.5. The lowest BCUT2D eigenvalue weighted by Gasteiger charge is -2.26. The van der Waals surface area contributed by atoms with Gasteiger partial charge in [-0.1, -0.05) is 35.9 Å². The summed E-state index contributed by atoms with van der Waals surface area (Å²) in [7, 11) is 0. The van der Waals surface area contributed by atoms with Crippen LogP contribution < -0.4 is 19.1 Å². The summed E-state index contributed by atoms with van der Waals surface area (Å²) in [6.07, 6.45) is 0. The minimum Gasteiger partial charge on any atom is -0.507 e. The van der Waals surface area contributed by atoms with Crippen LogP contribution in [0, 0.1) is 6.92 Å². The molecule has 4 rings (SSSR count). The second-order valence-corrected chi connectivity index (χ2v) is 8.54. The third-order valence-corrected chi connectivity index (χ3v) is 6.03. The lowest BCUT2D eigenvalue weighted by molar-refractivity contribution is -0.132. The second kappa shape index (κ2) is 11.2. The number of ketones is 1. The zero-order chi connectivity index (χ0) is 26.5. The molecule has 3 aromatic rings. The van der Waals surface area contributed by atoms with Gasteiger partial charge >= 0.3 is 0 Å². The van der Waals surface area contributed by atoms with Crippen molar-refractivity contribution in [3.8, 4) is 17.2 Å². The van der Waals surface area contributed by atoms with Crippen molar-refractivity contribution in [3.05, 3.63) is 89.0 Å². The van der Waals surface area contributed by atoms with E-state index in [9.17, 15) is 14.7 Å². The Morgan fingerprint density at radius 2 is 1.51 bits per heavy atom. The first-order valence-electron chi connectivity index (χ1n) is 12.4. The predicted octanol–water partition coefficient (Wildman–Crippen LogP) is 5.82. The molecule has 0 saturated carbocycles. The van der Waals surface area contributed by atoms with Crippen LogP contribution in [0.3, 0.4) is 0 Å². The molecule has 37 heavy (non-hydrogen) atoms. The Morgan fingerprint density at radius 3 is 2.19 bits per heavy atom. The standard InChI is InChI=1S/C30H31NO6/c1-5-35-22-13-9-12-21(17-22)31-27(20-11-8-10-19(4)16-20)26(29(33)30(31)34)28(32)24-15-14-23(36-6-2)18-25(24)37-7-3/h8-18,27,32H,5-7H2,1-4H3/b28-26-. The van der Waals surface area contributed by atoms with Crippen LogP contribution in [0.15, 0.2) is 72.3 Å². The first-order valence-corrected chi connectivity index (χ1v) is 12.4. The van der Waals surface area contributed by atoms with Gasteiger partial charge in [0, 0.05) is 17.8 Å². The van der Waals surface area contributed by atoms with Gasteiger partial charge in [0.25, 0.3) is 11.7 Å². The number of benzene rings is 3. The molecule has 0 bridgehead atoms. The van der Waals surface area contributed by atoms with Gasteiger partial charge in [-0.05, 0) is 57.5 Å². The van der Waals surface area contributed by atoms with Crippen molar-refractivity contribution in [1.82, 2.24) is 0 Å². The number of hydrogen-bond acceptors (Lipinski definition) is 6. The fourth-order valence-corrected chi connectivity index (χ4v) is 4.52. The molecule has 1 amide bonds. The van der Waals surface area contributed by atoms with Crippen molar-refractivity contribution in [2.75, 3.05) is 24.7 Å². The highest BCUT2D eigenvalue weighted by Gasteiger charge is 2.47. The highest BCUT2D eigenvalue weighted by atomic mass is 16.5. The molecular formula is C30H31NO6. The van der Waals surface area contributed by atoms with Gasteiger partial charge < -0.3 is 19.3 Å². The SMILES string of the molecule is CCOc1cccc(N2C(=O)C(=O)/C(=C(\O)c3ccc(OCC)cc3OCC)C2c2cccc(C)c2)c1. The molecule has 7 heteroatoms. The number of hydrogen-bond donors (Lipinski definition) is 1. The van der Waals surface area contributed by atoms with Gasteiger partial charge in [-0.25, -0.2) is 0 Å². The number of ether oxygens (including phenoxy) is 3. The number of aliphatic hydroxyl groups is 1. The predicted molar refractivity (Wildman–Crippen MR) is 142 cm³/mol. The van der Waals surface area contributed by atoms with Crippen molar-refractivity contribution in [2.45, 2.75) is 33.7 Å². The van der Waals surface area contributed by atoms with Crippen LogP contribution in [0.4, 0.5) is 5.69 Å². The maximum Gasteiger partial charge on any atom is 0.300 e. The first kappa shape index (κ1) is 25.8. The number of nitrogens with zero attached hydrogens (tertiary/aromatic N) is 1. The van der Waals surface area contributed by atoms with E-state index in [2.05, 4.69) is 0 Å². The van der Waals surface area contributed by atoms with Crippen molar-refractivity contribution in [2.24, 2.45) is 0 Å². The Kier molecular flexibility index (Phi) is 7.82. The zero-order valence-electron chi connectivity index (χ0n) is 21.5. The normalized spacial score (nSPS) is 16.6. The van der Waals surface area contributed by atoms with E-state index in [-0.39, 0.29) is 11.3 Å². The molecule has 0 aliphatic carbocycles. The Hall–Kier alpha value is -4.26.